The molecule has 0 saturated heterocycles. The number of carbonyl (C=O) groups excluding carboxylic acids is 2. The Balaban J connectivity index is 1.80. The van der Waals surface area contributed by atoms with Crippen molar-refractivity contribution < 1.29 is 9.59 Å². The molecular formula is C22H22N4O2. The summed E-state index contributed by atoms with van der Waals surface area (Å²) >= 11 is 0. The topological polar surface area (TPSA) is 76.0 Å². The van der Waals surface area contributed by atoms with Gasteiger partial charge in [-0.1, -0.05) is 48.5 Å². The van der Waals surface area contributed by atoms with Crippen LogP contribution in [0, 0.1) is 0 Å². The molecule has 142 valence electrons. The zero-order valence-corrected chi connectivity index (χ0v) is 15.6. The van der Waals surface area contributed by atoms with Gasteiger partial charge in [-0.05, 0) is 18.2 Å². The Morgan fingerprint density at radius 1 is 0.964 bits per heavy atom. The van der Waals surface area contributed by atoms with Gasteiger partial charge in [-0.15, -0.1) is 0 Å². The molecule has 0 unspecified atom stereocenters. The third kappa shape index (κ3) is 5.17. The van der Waals surface area contributed by atoms with Gasteiger partial charge in [-0.25, -0.2) is 4.68 Å². The van der Waals surface area contributed by atoms with E-state index in [9.17, 15) is 9.59 Å². The molecule has 0 saturated carbocycles. The average Bonchev–Trinajstić information content (AvgIpc) is 3.15. The van der Waals surface area contributed by atoms with Crippen molar-refractivity contribution in [1.29, 1.82) is 0 Å². The van der Waals surface area contributed by atoms with Gasteiger partial charge >= 0.3 is 0 Å². The molecule has 1 heterocycles. The monoisotopic (exact) mass is 374 g/mol. The van der Waals surface area contributed by atoms with Crippen molar-refractivity contribution >= 4 is 17.9 Å². The van der Waals surface area contributed by atoms with Crippen LogP contribution in [0.3, 0.4) is 0 Å². The van der Waals surface area contributed by atoms with Gasteiger partial charge in [0.05, 0.1) is 11.4 Å². The molecule has 0 aliphatic rings. The van der Waals surface area contributed by atoms with E-state index in [1.54, 1.807) is 10.8 Å². The van der Waals surface area contributed by atoms with E-state index < -0.39 is 0 Å². The molecule has 2 aromatic carbocycles. The second-order valence-corrected chi connectivity index (χ2v) is 6.19. The number of aromatic nitrogens is 2. The van der Waals surface area contributed by atoms with E-state index in [2.05, 4.69) is 10.6 Å². The van der Waals surface area contributed by atoms with Crippen LogP contribution in [-0.2, 0) is 9.59 Å². The highest BCUT2D eigenvalue weighted by Crippen LogP contribution is 2.24. The van der Waals surface area contributed by atoms with Crippen LogP contribution in [0.1, 0.15) is 12.5 Å². The summed E-state index contributed by atoms with van der Waals surface area (Å²) in [7, 11) is 0. The minimum Gasteiger partial charge on any atom is -0.355 e. The second-order valence-electron chi connectivity index (χ2n) is 6.19. The molecule has 0 aliphatic heterocycles. The van der Waals surface area contributed by atoms with Gasteiger partial charge in [0.1, 0.15) is 0 Å². The summed E-state index contributed by atoms with van der Waals surface area (Å²) in [6.07, 6.45) is 5.13. The molecule has 0 aliphatic carbocycles. The van der Waals surface area contributed by atoms with E-state index in [0.717, 1.165) is 22.5 Å². The van der Waals surface area contributed by atoms with Crippen LogP contribution in [0.25, 0.3) is 23.0 Å². The lowest BCUT2D eigenvalue weighted by Gasteiger charge is -2.02. The van der Waals surface area contributed by atoms with Crippen LogP contribution in [-0.4, -0.2) is 34.7 Å². The molecule has 1 aromatic heterocycles. The number of nitrogens with one attached hydrogen (secondary N) is 2. The maximum Gasteiger partial charge on any atom is 0.244 e. The largest absolute Gasteiger partial charge is 0.355 e. The predicted molar refractivity (Wildman–Crippen MR) is 110 cm³/mol. The zero-order valence-electron chi connectivity index (χ0n) is 15.6. The highest BCUT2D eigenvalue weighted by molar-refractivity contribution is 5.92. The number of hydrogen-bond donors (Lipinski definition) is 2. The fourth-order valence-electron chi connectivity index (χ4n) is 2.69. The van der Waals surface area contributed by atoms with E-state index in [0.29, 0.717) is 13.1 Å². The maximum absolute atomic E-state index is 12.0. The van der Waals surface area contributed by atoms with Gasteiger partial charge in [0, 0.05) is 43.4 Å². The van der Waals surface area contributed by atoms with Gasteiger partial charge in [-0.2, -0.15) is 5.10 Å². The maximum atomic E-state index is 12.0. The Bertz CT molecular complexity index is 963. The van der Waals surface area contributed by atoms with Crippen LogP contribution >= 0.6 is 0 Å². The van der Waals surface area contributed by atoms with Crippen molar-refractivity contribution in [3.8, 4) is 16.9 Å². The van der Waals surface area contributed by atoms with E-state index in [4.69, 9.17) is 5.10 Å². The van der Waals surface area contributed by atoms with Crippen LogP contribution in [0.15, 0.2) is 72.9 Å². The third-order valence-electron chi connectivity index (χ3n) is 4.02. The Morgan fingerprint density at radius 2 is 1.61 bits per heavy atom. The lowest BCUT2D eigenvalue weighted by Crippen LogP contribution is -2.32. The van der Waals surface area contributed by atoms with Crippen molar-refractivity contribution in [2.45, 2.75) is 6.92 Å². The van der Waals surface area contributed by atoms with Crippen LogP contribution < -0.4 is 10.6 Å². The molecule has 28 heavy (non-hydrogen) atoms. The van der Waals surface area contributed by atoms with Crippen molar-refractivity contribution in [2.75, 3.05) is 13.1 Å². The molecule has 2 N–H and O–H groups in total. The molecular weight excluding hydrogens is 352 g/mol. The summed E-state index contributed by atoms with van der Waals surface area (Å²) in [4.78, 5) is 22.9. The standard InChI is InChI=1S/C22H22N4O2/c1-17(27)23-14-15-24-21(28)13-12-19-16-26(20-10-6-3-7-11-20)25-22(19)18-8-4-2-5-9-18/h2-13,16H,14-15H2,1H3,(H,23,27)(H,24,28)/b13-12+. The number of nitrogens with zero attached hydrogens (tertiary/aromatic N) is 2. The smallest absolute Gasteiger partial charge is 0.244 e. The van der Waals surface area contributed by atoms with Gasteiger partial charge in [0.2, 0.25) is 11.8 Å². The van der Waals surface area contributed by atoms with Crippen molar-refractivity contribution in [2.24, 2.45) is 0 Å². The number of benzene rings is 2. The Labute approximate surface area is 163 Å². The minimum absolute atomic E-state index is 0.120. The number of para-hydroxylation sites is 1. The first-order chi connectivity index (χ1) is 13.6. The number of amides is 2. The molecule has 0 bridgehead atoms. The normalized spacial score (nSPS) is 10.8. The number of hydrogen-bond acceptors (Lipinski definition) is 3. The SMILES string of the molecule is CC(=O)NCCNC(=O)/C=C/c1cn(-c2ccccc2)nc1-c1ccccc1. The quantitative estimate of drug-likeness (QED) is 0.493. The van der Waals surface area contributed by atoms with Crippen molar-refractivity contribution in [3.63, 3.8) is 0 Å². The third-order valence-corrected chi connectivity index (χ3v) is 4.02. The molecule has 0 radical (unpaired) electrons. The van der Waals surface area contributed by atoms with Crippen molar-refractivity contribution in [1.82, 2.24) is 20.4 Å². The summed E-state index contributed by atoms with van der Waals surface area (Å²) < 4.78 is 1.80. The molecule has 6 nitrogen and oxygen atoms in total. The fourth-order valence-corrected chi connectivity index (χ4v) is 2.69. The van der Waals surface area contributed by atoms with Crippen LogP contribution in [0.2, 0.25) is 0 Å². The molecule has 0 fully saturated rings. The van der Waals surface area contributed by atoms with Crippen molar-refractivity contribution in [3.05, 3.63) is 78.5 Å². The molecule has 3 aromatic rings. The van der Waals surface area contributed by atoms with Gasteiger partial charge in [0.15, 0.2) is 0 Å². The van der Waals surface area contributed by atoms with Crippen LogP contribution in [0.4, 0.5) is 0 Å². The highest BCUT2D eigenvalue weighted by atomic mass is 16.2. The lowest BCUT2D eigenvalue weighted by atomic mass is 10.1. The molecule has 3 rings (SSSR count). The Morgan fingerprint density at radius 3 is 2.29 bits per heavy atom. The zero-order chi connectivity index (χ0) is 19.8. The second kappa shape index (κ2) is 9.32. The lowest BCUT2D eigenvalue weighted by molar-refractivity contribution is -0.119. The first kappa shape index (κ1) is 19.1. The average molecular weight is 374 g/mol. The number of rotatable bonds is 7. The van der Waals surface area contributed by atoms with E-state index in [1.165, 1.54) is 13.0 Å². The van der Waals surface area contributed by atoms with Crippen LogP contribution in [0.5, 0.6) is 0 Å². The summed E-state index contributed by atoms with van der Waals surface area (Å²) in [5.41, 5.74) is 3.56. The fraction of sp³-hybridized carbons (Fsp3) is 0.136. The molecule has 2 amide bonds. The Kier molecular flexibility index (Phi) is 6.36. The van der Waals surface area contributed by atoms with Gasteiger partial charge < -0.3 is 10.6 Å². The first-order valence-corrected chi connectivity index (χ1v) is 9.04. The van der Waals surface area contributed by atoms with E-state index in [1.807, 2.05) is 66.9 Å². The molecule has 0 spiro atoms. The molecule has 6 heteroatoms. The first-order valence-electron chi connectivity index (χ1n) is 9.04. The van der Waals surface area contributed by atoms with Gasteiger partial charge in [0.25, 0.3) is 0 Å². The van der Waals surface area contributed by atoms with E-state index in [-0.39, 0.29) is 11.8 Å². The highest BCUT2D eigenvalue weighted by Gasteiger charge is 2.10. The summed E-state index contributed by atoms with van der Waals surface area (Å²) in [5, 5.41) is 10.1. The Hall–Kier alpha value is -3.67. The summed E-state index contributed by atoms with van der Waals surface area (Å²) in [6, 6.07) is 19.7. The number of carbonyl (C=O) groups is 2. The van der Waals surface area contributed by atoms with Gasteiger partial charge in [-0.3, -0.25) is 9.59 Å². The summed E-state index contributed by atoms with van der Waals surface area (Å²) in [6.45, 7) is 2.21. The molecule has 0 atom stereocenters. The summed E-state index contributed by atoms with van der Waals surface area (Å²) in [5.74, 6) is -0.345. The minimum atomic E-state index is -0.225. The predicted octanol–water partition coefficient (Wildman–Crippen LogP) is 2.80. The van der Waals surface area contributed by atoms with E-state index >= 15 is 0 Å².